The van der Waals surface area contributed by atoms with E-state index in [2.05, 4.69) is 10.0 Å². The van der Waals surface area contributed by atoms with Crippen molar-refractivity contribution >= 4 is 33.3 Å². The molecule has 3 aromatic carbocycles. The van der Waals surface area contributed by atoms with E-state index in [9.17, 15) is 23.1 Å². The predicted octanol–water partition coefficient (Wildman–Crippen LogP) is 4.11. The van der Waals surface area contributed by atoms with Gasteiger partial charge in [-0.2, -0.15) is 0 Å². The van der Waals surface area contributed by atoms with Gasteiger partial charge in [-0.15, -0.1) is 0 Å². The zero-order valence-corrected chi connectivity index (χ0v) is 25.1. The van der Waals surface area contributed by atoms with Gasteiger partial charge in [0.1, 0.15) is 11.9 Å². The Morgan fingerprint density at radius 2 is 1.79 bits per heavy atom. The molecule has 224 valence electrons. The van der Waals surface area contributed by atoms with Crippen LogP contribution in [0.3, 0.4) is 0 Å². The molecule has 0 saturated carbocycles. The molecule has 0 unspecified atom stereocenters. The van der Waals surface area contributed by atoms with Crippen LogP contribution in [0.15, 0.2) is 77.7 Å². The van der Waals surface area contributed by atoms with Crippen LogP contribution in [0, 0.1) is 12.8 Å². The van der Waals surface area contributed by atoms with Gasteiger partial charge >= 0.3 is 6.03 Å². The molecule has 0 aliphatic carbocycles. The highest BCUT2D eigenvalue weighted by Crippen LogP contribution is 2.30. The van der Waals surface area contributed by atoms with E-state index in [0.29, 0.717) is 23.5 Å². The van der Waals surface area contributed by atoms with E-state index in [1.165, 1.54) is 17.0 Å². The molecule has 0 saturated heterocycles. The molecule has 1 aliphatic rings. The molecule has 1 aliphatic heterocycles. The number of rotatable bonds is 8. The number of sulfonamides is 1. The summed E-state index contributed by atoms with van der Waals surface area (Å²) in [4.78, 5) is 29.7. The van der Waals surface area contributed by atoms with Crippen molar-refractivity contribution in [2.75, 3.05) is 36.8 Å². The number of nitrogens with one attached hydrogen (secondary N) is 2. The maximum atomic E-state index is 13.5. The first-order valence-electron chi connectivity index (χ1n) is 13.8. The van der Waals surface area contributed by atoms with E-state index < -0.39 is 22.2 Å². The number of para-hydroxylation sites is 1. The zero-order valence-electron chi connectivity index (χ0n) is 24.3. The second-order valence-electron chi connectivity index (χ2n) is 10.8. The van der Waals surface area contributed by atoms with Crippen molar-refractivity contribution in [1.29, 1.82) is 0 Å². The van der Waals surface area contributed by atoms with Crippen LogP contribution in [0.5, 0.6) is 5.75 Å². The van der Waals surface area contributed by atoms with Crippen LogP contribution in [0.1, 0.15) is 25.0 Å². The topological polar surface area (TPSA) is 128 Å². The van der Waals surface area contributed by atoms with Crippen molar-refractivity contribution in [1.82, 2.24) is 9.80 Å². The quantitative estimate of drug-likeness (QED) is 0.360. The Morgan fingerprint density at radius 3 is 2.45 bits per heavy atom. The van der Waals surface area contributed by atoms with Gasteiger partial charge in [-0.1, -0.05) is 42.8 Å². The molecule has 11 heteroatoms. The molecule has 4 rings (SSSR count). The van der Waals surface area contributed by atoms with Gasteiger partial charge in [0.05, 0.1) is 30.5 Å². The summed E-state index contributed by atoms with van der Waals surface area (Å²) in [6, 6.07) is 19.7. The van der Waals surface area contributed by atoms with E-state index in [-0.39, 0.29) is 48.0 Å². The van der Waals surface area contributed by atoms with E-state index >= 15 is 0 Å². The van der Waals surface area contributed by atoms with E-state index in [4.69, 9.17) is 4.74 Å². The lowest BCUT2D eigenvalue weighted by Crippen LogP contribution is -2.48. The number of hydrogen-bond donors (Lipinski definition) is 3. The number of likely N-dealkylation sites (N-methyl/N-ethyl adjacent to an activating group) is 1. The molecule has 3 aromatic rings. The molecule has 10 nitrogen and oxygen atoms in total. The SMILES string of the molecule is Cc1ccc(S(=O)(=O)Nc2ccc3c(c2)CC(=O)N([C@H](C)CO)C[C@@H](C)[C@H](CN(C)C(=O)Nc2ccccc2)O3)cc1. The number of aliphatic hydroxyl groups excluding tert-OH is 1. The summed E-state index contributed by atoms with van der Waals surface area (Å²) >= 11 is 0. The standard InChI is InChI=1S/C31H38N4O6S/c1-21-10-13-27(14-11-21)42(39,40)33-26-12-15-28-24(16-26)17-30(37)35(23(3)20-36)18-22(2)29(41-28)19-34(4)31(38)32-25-8-6-5-7-9-25/h5-16,22-23,29,33,36H,17-20H2,1-4H3,(H,32,38)/t22-,23-,29+/m1/s1. The van der Waals surface area contributed by atoms with Crippen LogP contribution in [0.2, 0.25) is 0 Å². The number of aliphatic hydroxyl groups is 1. The molecule has 0 radical (unpaired) electrons. The molecule has 3 N–H and O–H groups in total. The first-order valence-corrected chi connectivity index (χ1v) is 15.3. The molecule has 1 heterocycles. The summed E-state index contributed by atoms with van der Waals surface area (Å²) in [5, 5.41) is 12.7. The lowest BCUT2D eigenvalue weighted by Gasteiger charge is -2.34. The van der Waals surface area contributed by atoms with Gasteiger partial charge < -0.3 is 25.0 Å². The van der Waals surface area contributed by atoms with Crippen LogP contribution < -0.4 is 14.8 Å². The summed E-state index contributed by atoms with van der Waals surface area (Å²) in [7, 11) is -2.19. The lowest BCUT2D eigenvalue weighted by molar-refractivity contribution is -0.134. The highest BCUT2D eigenvalue weighted by molar-refractivity contribution is 7.92. The fraction of sp³-hybridized carbons (Fsp3) is 0.355. The molecule has 0 fully saturated rings. The number of amides is 3. The van der Waals surface area contributed by atoms with Crippen LogP contribution in [0.25, 0.3) is 0 Å². The van der Waals surface area contributed by atoms with Crippen LogP contribution in [-0.4, -0.2) is 74.2 Å². The summed E-state index contributed by atoms with van der Waals surface area (Å²) in [6.45, 7) is 5.89. The number of ether oxygens (including phenoxy) is 1. The molecular weight excluding hydrogens is 556 g/mol. The van der Waals surface area contributed by atoms with Crippen LogP contribution >= 0.6 is 0 Å². The van der Waals surface area contributed by atoms with Crippen molar-refractivity contribution in [2.24, 2.45) is 5.92 Å². The third-order valence-corrected chi connectivity index (χ3v) is 8.72. The summed E-state index contributed by atoms with van der Waals surface area (Å²) in [6.07, 6.45) is -0.562. The molecule has 3 amide bonds. The van der Waals surface area contributed by atoms with Crippen molar-refractivity contribution in [3.8, 4) is 5.75 Å². The Morgan fingerprint density at radius 1 is 1.10 bits per heavy atom. The van der Waals surface area contributed by atoms with Gasteiger partial charge in [0.2, 0.25) is 5.91 Å². The van der Waals surface area contributed by atoms with Crippen LogP contribution in [-0.2, 0) is 21.2 Å². The highest BCUT2D eigenvalue weighted by atomic mass is 32.2. The van der Waals surface area contributed by atoms with Gasteiger partial charge in [-0.3, -0.25) is 9.52 Å². The molecular formula is C31H38N4O6S. The third kappa shape index (κ3) is 7.59. The number of anilines is 2. The molecule has 0 aromatic heterocycles. The highest BCUT2D eigenvalue weighted by Gasteiger charge is 2.32. The lowest BCUT2D eigenvalue weighted by atomic mass is 10.0. The van der Waals surface area contributed by atoms with Gasteiger partial charge in [-0.25, -0.2) is 13.2 Å². The summed E-state index contributed by atoms with van der Waals surface area (Å²) < 4.78 is 35.1. The first-order chi connectivity index (χ1) is 20.0. The average Bonchev–Trinajstić information content (AvgIpc) is 3.00. The Balaban J connectivity index is 1.62. The maximum absolute atomic E-state index is 13.5. The minimum atomic E-state index is -3.86. The Hall–Kier alpha value is -4.09. The first kappa shape index (κ1) is 30.9. The Bertz CT molecular complexity index is 1500. The van der Waals surface area contributed by atoms with Gasteiger partial charge in [0.25, 0.3) is 10.0 Å². The minimum Gasteiger partial charge on any atom is -0.488 e. The Kier molecular flexibility index (Phi) is 9.74. The van der Waals surface area contributed by atoms with Crippen molar-refractivity contribution in [3.05, 3.63) is 83.9 Å². The second kappa shape index (κ2) is 13.3. The van der Waals surface area contributed by atoms with Crippen molar-refractivity contribution in [2.45, 2.75) is 44.2 Å². The molecule has 0 bridgehead atoms. The van der Waals surface area contributed by atoms with E-state index in [1.807, 2.05) is 32.0 Å². The normalized spacial score (nSPS) is 18.0. The third-order valence-electron chi connectivity index (χ3n) is 7.33. The number of fused-ring (bicyclic) bond motifs is 1. The number of hydrogen-bond acceptors (Lipinski definition) is 6. The fourth-order valence-electron chi connectivity index (χ4n) is 4.74. The van der Waals surface area contributed by atoms with E-state index in [1.54, 1.807) is 61.3 Å². The number of benzene rings is 3. The number of urea groups is 1. The number of carbonyl (C=O) groups excluding carboxylic acids is 2. The predicted molar refractivity (Wildman–Crippen MR) is 162 cm³/mol. The van der Waals surface area contributed by atoms with Gasteiger partial charge in [0.15, 0.2) is 0 Å². The van der Waals surface area contributed by atoms with E-state index in [0.717, 1.165) is 5.56 Å². The number of carbonyl (C=O) groups is 2. The van der Waals surface area contributed by atoms with Crippen molar-refractivity contribution < 1.29 is 27.9 Å². The number of aryl methyl sites for hydroxylation is 1. The minimum absolute atomic E-state index is 0.0520. The number of nitrogens with zero attached hydrogens (tertiary/aromatic N) is 2. The summed E-state index contributed by atoms with van der Waals surface area (Å²) in [5.41, 5.74) is 2.39. The largest absolute Gasteiger partial charge is 0.488 e. The fourth-order valence-corrected chi connectivity index (χ4v) is 5.79. The van der Waals surface area contributed by atoms with Gasteiger partial charge in [-0.05, 0) is 56.3 Å². The summed E-state index contributed by atoms with van der Waals surface area (Å²) in [5.74, 6) is -0.00272. The molecule has 0 spiro atoms. The average molecular weight is 595 g/mol. The smallest absolute Gasteiger partial charge is 0.321 e. The monoisotopic (exact) mass is 594 g/mol. The molecule has 42 heavy (non-hydrogen) atoms. The Labute approximate surface area is 247 Å². The second-order valence-corrected chi connectivity index (χ2v) is 12.5. The maximum Gasteiger partial charge on any atom is 0.321 e. The van der Waals surface area contributed by atoms with Crippen LogP contribution in [0.4, 0.5) is 16.2 Å². The van der Waals surface area contributed by atoms with Crippen molar-refractivity contribution in [3.63, 3.8) is 0 Å². The molecule has 3 atom stereocenters. The zero-order chi connectivity index (χ0) is 30.4. The van der Waals surface area contributed by atoms with Gasteiger partial charge in [0, 0.05) is 36.4 Å².